The molecule has 0 spiro atoms. The number of aliphatic hydroxyl groups excluding tert-OH is 1. The molecule has 0 fully saturated rings. The van der Waals surface area contributed by atoms with E-state index in [-0.39, 0.29) is 6.61 Å². The largest absolute Gasteiger partial charge is 0.481 e. The van der Waals surface area contributed by atoms with Crippen molar-refractivity contribution in [3.63, 3.8) is 0 Å². The first-order valence-corrected chi connectivity index (χ1v) is 3.06. The van der Waals surface area contributed by atoms with Crippen LogP contribution in [0.4, 0.5) is 0 Å². The minimum atomic E-state index is -0.833. The first-order chi connectivity index (χ1) is 5.56. The summed E-state index contributed by atoms with van der Waals surface area (Å²) in [4.78, 5) is 9.00. The Morgan fingerprint density at radius 1 is 1.75 bits per heavy atom. The third-order valence-corrected chi connectivity index (χ3v) is 0.295. The number of hydrogen-bond donors (Lipinski definition) is 4. The summed E-state index contributed by atoms with van der Waals surface area (Å²) >= 11 is 0. The predicted octanol–water partition coefficient (Wildman–Crippen LogP) is -0.732. The molecule has 0 aromatic heterocycles. The number of ether oxygens (including phenoxy) is 1. The third-order valence-electron chi connectivity index (χ3n) is 0.295. The van der Waals surface area contributed by atoms with Gasteiger partial charge in [-0.15, -0.1) is 0 Å². The Bertz CT molecular complexity index is 91.5. The molecule has 74 valence electrons. The van der Waals surface area contributed by atoms with Crippen LogP contribution >= 0.6 is 0 Å². The fourth-order valence-corrected chi connectivity index (χ4v) is 0.0913. The third kappa shape index (κ3) is 740. The fraction of sp³-hybridized carbons (Fsp3) is 0.667. The van der Waals surface area contributed by atoms with Gasteiger partial charge in [0.05, 0.1) is 19.6 Å². The zero-order valence-corrected chi connectivity index (χ0v) is 7.28. The smallest absolute Gasteiger partial charge is 0.300 e. The Morgan fingerprint density at radius 2 is 2.00 bits per heavy atom. The second kappa shape index (κ2) is 22.5. The van der Waals surface area contributed by atoms with Gasteiger partial charge in [-0.05, 0) is 0 Å². The maximum absolute atomic E-state index is 9.00. The Hall–Kier alpha value is -1.14. The summed E-state index contributed by atoms with van der Waals surface area (Å²) in [7, 11) is 1.55. The molecule has 6 heteroatoms. The number of aliphatic carboxylic acids is 1. The summed E-state index contributed by atoms with van der Waals surface area (Å²) in [6, 6.07) is 0. The molecular weight excluding hydrogens is 164 g/mol. The van der Waals surface area contributed by atoms with Gasteiger partial charge in [0.2, 0.25) is 0 Å². The highest BCUT2D eigenvalue weighted by Crippen LogP contribution is 1.56. The van der Waals surface area contributed by atoms with E-state index < -0.39 is 5.97 Å². The number of carboxylic acid groups (broad SMARTS) is 1. The van der Waals surface area contributed by atoms with E-state index in [1.54, 1.807) is 7.11 Å². The van der Waals surface area contributed by atoms with Crippen LogP contribution in [-0.2, 0) is 9.53 Å². The Morgan fingerprint density at radius 3 is 2.00 bits per heavy atom. The Labute approximate surface area is 71.5 Å². The van der Waals surface area contributed by atoms with Crippen LogP contribution in [0.25, 0.3) is 0 Å². The average molecular weight is 180 g/mol. The number of carbonyl (C=O) groups is 1. The van der Waals surface area contributed by atoms with E-state index in [9.17, 15) is 0 Å². The molecule has 6 nitrogen and oxygen atoms in total. The topological polar surface area (TPSA) is 117 Å². The van der Waals surface area contributed by atoms with E-state index in [1.807, 2.05) is 0 Å². The molecule has 0 radical (unpaired) electrons. The predicted molar refractivity (Wildman–Crippen MR) is 45.2 cm³/mol. The summed E-state index contributed by atoms with van der Waals surface area (Å²) in [5.41, 5.74) is 4.39. The van der Waals surface area contributed by atoms with Crippen LogP contribution in [0, 0.1) is 5.41 Å². The number of aliphatic hydroxyl groups is 1. The van der Waals surface area contributed by atoms with Crippen molar-refractivity contribution >= 4 is 12.3 Å². The normalized spacial score (nSPS) is 6.58. The van der Waals surface area contributed by atoms with E-state index in [0.29, 0.717) is 6.61 Å². The van der Waals surface area contributed by atoms with E-state index in [4.69, 9.17) is 20.4 Å². The average Bonchev–Trinajstić information content (AvgIpc) is 1.89. The SMILES string of the molecule is CC(=O)O.COCCO.N=CN. The van der Waals surface area contributed by atoms with Crippen LogP contribution in [0.1, 0.15) is 6.92 Å². The summed E-state index contributed by atoms with van der Waals surface area (Å²) in [6.07, 6.45) is 0.750. The number of hydrogen-bond acceptors (Lipinski definition) is 4. The molecule has 0 heterocycles. The summed E-state index contributed by atoms with van der Waals surface area (Å²) in [5, 5.41) is 21.2. The summed E-state index contributed by atoms with van der Waals surface area (Å²) in [6.45, 7) is 1.65. The molecule has 0 saturated carbocycles. The standard InChI is InChI=1S/C3H8O2.C2H4O2.CH4N2/c1-5-3-2-4;1-2(3)4;2-1-3/h4H,2-3H2,1H3;1H3,(H,3,4);1H,(H3,2,3). The lowest BCUT2D eigenvalue weighted by atomic mass is 10.8. The van der Waals surface area contributed by atoms with Crippen molar-refractivity contribution in [3.8, 4) is 0 Å². The van der Waals surface area contributed by atoms with Crippen LogP contribution in [0.2, 0.25) is 0 Å². The van der Waals surface area contributed by atoms with Gasteiger partial charge < -0.3 is 20.7 Å². The molecule has 0 aliphatic rings. The molecule has 12 heavy (non-hydrogen) atoms. The van der Waals surface area contributed by atoms with Crippen molar-refractivity contribution in [2.24, 2.45) is 5.73 Å². The van der Waals surface area contributed by atoms with Crippen molar-refractivity contribution in [2.45, 2.75) is 6.92 Å². The molecule has 5 N–H and O–H groups in total. The Kier molecular flexibility index (Phi) is 32.1. The number of carboxylic acids is 1. The lowest BCUT2D eigenvalue weighted by Crippen LogP contribution is -1.91. The van der Waals surface area contributed by atoms with Crippen LogP contribution < -0.4 is 5.73 Å². The molecule has 0 aliphatic heterocycles. The van der Waals surface area contributed by atoms with Gasteiger partial charge in [-0.3, -0.25) is 10.2 Å². The Balaban J connectivity index is -0.000000105. The molecular formula is C6H16N2O4. The van der Waals surface area contributed by atoms with Gasteiger partial charge in [-0.25, -0.2) is 0 Å². The van der Waals surface area contributed by atoms with Gasteiger partial charge in [-0.1, -0.05) is 0 Å². The zero-order chi connectivity index (χ0) is 10.4. The van der Waals surface area contributed by atoms with Gasteiger partial charge in [0.1, 0.15) is 0 Å². The molecule has 0 aromatic rings. The lowest BCUT2D eigenvalue weighted by molar-refractivity contribution is -0.134. The quantitative estimate of drug-likeness (QED) is 0.330. The monoisotopic (exact) mass is 180 g/mol. The highest BCUT2D eigenvalue weighted by atomic mass is 16.5. The van der Waals surface area contributed by atoms with Gasteiger partial charge >= 0.3 is 0 Å². The molecule has 0 unspecified atom stereocenters. The van der Waals surface area contributed by atoms with Crippen LogP contribution in [0.5, 0.6) is 0 Å². The second-order valence-electron chi connectivity index (χ2n) is 1.40. The molecule has 0 aromatic carbocycles. The van der Waals surface area contributed by atoms with E-state index in [0.717, 1.165) is 13.3 Å². The highest BCUT2D eigenvalue weighted by molar-refractivity contribution is 5.62. The number of rotatable bonds is 2. The maximum Gasteiger partial charge on any atom is 0.300 e. The molecule has 0 amide bonds. The van der Waals surface area contributed by atoms with Crippen molar-refractivity contribution in [1.82, 2.24) is 0 Å². The van der Waals surface area contributed by atoms with Crippen molar-refractivity contribution in [3.05, 3.63) is 0 Å². The minimum Gasteiger partial charge on any atom is -0.481 e. The van der Waals surface area contributed by atoms with Gasteiger partial charge in [0.15, 0.2) is 0 Å². The van der Waals surface area contributed by atoms with Crippen LogP contribution in [0.3, 0.4) is 0 Å². The fourth-order valence-electron chi connectivity index (χ4n) is 0.0913. The molecule has 0 aliphatic carbocycles. The second-order valence-corrected chi connectivity index (χ2v) is 1.40. The van der Waals surface area contributed by atoms with Crippen molar-refractivity contribution in [1.29, 1.82) is 5.41 Å². The van der Waals surface area contributed by atoms with Gasteiger partial charge in [0.25, 0.3) is 5.97 Å². The number of methoxy groups -OCH3 is 1. The number of nitrogens with one attached hydrogen (secondary N) is 1. The molecule has 0 rings (SSSR count). The van der Waals surface area contributed by atoms with E-state index in [1.165, 1.54) is 0 Å². The first kappa shape index (κ1) is 17.1. The summed E-state index contributed by atoms with van der Waals surface area (Å²) in [5.74, 6) is -0.833. The minimum absolute atomic E-state index is 0.122. The van der Waals surface area contributed by atoms with Crippen molar-refractivity contribution < 1.29 is 19.7 Å². The van der Waals surface area contributed by atoms with E-state index >= 15 is 0 Å². The molecule has 0 atom stereocenters. The maximum atomic E-state index is 9.00. The molecule has 0 bridgehead atoms. The van der Waals surface area contributed by atoms with Crippen LogP contribution in [0.15, 0.2) is 0 Å². The van der Waals surface area contributed by atoms with E-state index in [2.05, 4.69) is 10.5 Å². The number of nitrogens with two attached hydrogens (primary N) is 1. The van der Waals surface area contributed by atoms with Gasteiger partial charge in [0, 0.05) is 14.0 Å². The lowest BCUT2D eigenvalue weighted by Gasteiger charge is -1.84. The highest BCUT2D eigenvalue weighted by Gasteiger charge is 1.67. The zero-order valence-electron chi connectivity index (χ0n) is 7.28. The molecule has 0 saturated heterocycles. The van der Waals surface area contributed by atoms with Crippen molar-refractivity contribution in [2.75, 3.05) is 20.3 Å². The van der Waals surface area contributed by atoms with Gasteiger partial charge in [-0.2, -0.15) is 0 Å². The summed E-state index contributed by atoms with van der Waals surface area (Å²) < 4.78 is 4.44. The van der Waals surface area contributed by atoms with Crippen LogP contribution in [-0.4, -0.2) is 42.8 Å². The first-order valence-electron chi connectivity index (χ1n) is 3.06.